The maximum absolute atomic E-state index is 5.91. The van der Waals surface area contributed by atoms with Gasteiger partial charge in [-0.3, -0.25) is 0 Å². The minimum atomic E-state index is 0.626. The lowest BCUT2D eigenvalue weighted by molar-refractivity contribution is 0.199. The molecule has 0 saturated carbocycles. The van der Waals surface area contributed by atoms with Crippen LogP contribution in [0.2, 0.25) is 5.02 Å². The molecule has 1 heterocycles. The van der Waals surface area contributed by atoms with Crippen LogP contribution in [0, 0.1) is 0 Å². The molecule has 6 heteroatoms. The van der Waals surface area contributed by atoms with Crippen molar-refractivity contribution in [2.24, 2.45) is 0 Å². The highest BCUT2D eigenvalue weighted by molar-refractivity contribution is 9.10. The molecule has 1 aromatic heterocycles. The van der Waals surface area contributed by atoms with Gasteiger partial charge in [0.15, 0.2) is 0 Å². The minimum absolute atomic E-state index is 0.626. The number of halogens is 2. The number of hydrogen-bond acceptors (Lipinski definition) is 3. The van der Waals surface area contributed by atoms with E-state index in [4.69, 9.17) is 16.3 Å². The Balaban J connectivity index is 2.18. The van der Waals surface area contributed by atoms with E-state index in [1.165, 1.54) is 0 Å². The van der Waals surface area contributed by atoms with Crippen LogP contribution in [0.4, 0.5) is 0 Å². The SMILES string of the molecule is COCCNCc1cc(Br)ccc1-n1cc(Cl)cn1. The molecule has 1 N–H and O–H groups in total. The summed E-state index contributed by atoms with van der Waals surface area (Å²) in [4.78, 5) is 0. The average molecular weight is 345 g/mol. The highest BCUT2D eigenvalue weighted by Crippen LogP contribution is 2.21. The minimum Gasteiger partial charge on any atom is -0.383 e. The number of benzene rings is 1. The molecule has 1 aromatic carbocycles. The van der Waals surface area contributed by atoms with Crippen LogP contribution in [0.5, 0.6) is 0 Å². The van der Waals surface area contributed by atoms with Crippen molar-refractivity contribution in [3.63, 3.8) is 0 Å². The molecule has 4 nitrogen and oxygen atoms in total. The number of nitrogens with one attached hydrogen (secondary N) is 1. The van der Waals surface area contributed by atoms with Gasteiger partial charge in [-0.1, -0.05) is 27.5 Å². The first-order chi connectivity index (χ1) is 9.20. The Hall–Kier alpha value is -0.880. The monoisotopic (exact) mass is 343 g/mol. The normalized spacial score (nSPS) is 10.9. The van der Waals surface area contributed by atoms with Crippen LogP contribution in [0.1, 0.15) is 5.56 Å². The van der Waals surface area contributed by atoms with E-state index < -0.39 is 0 Å². The van der Waals surface area contributed by atoms with Gasteiger partial charge in [-0.25, -0.2) is 4.68 Å². The Morgan fingerprint density at radius 3 is 3.00 bits per heavy atom. The van der Waals surface area contributed by atoms with Crippen LogP contribution in [-0.2, 0) is 11.3 Å². The largest absolute Gasteiger partial charge is 0.383 e. The van der Waals surface area contributed by atoms with Gasteiger partial charge in [0.1, 0.15) is 0 Å². The zero-order valence-electron chi connectivity index (χ0n) is 10.6. The van der Waals surface area contributed by atoms with Gasteiger partial charge in [0.25, 0.3) is 0 Å². The zero-order valence-corrected chi connectivity index (χ0v) is 12.9. The fourth-order valence-electron chi connectivity index (χ4n) is 1.75. The van der Waals surface area contributed by atoms with E-state index in [1.807, 2.05) is 12.1 Å². The van der Waals surface area contributed by atoms with E-state index in [1.54, 1.807) is 24.2 Å². The molecule has 0 radical (unpaired) electrons. The summed E-state index contributed by atoms with van der Waals surface area (Å²) in [6.45, 7) is 2.24. The van der Waals surface area contributed by atoms with E-state index >= 15 is 0 Å². The highest BCUT2D eigenvalue weighted by Gasteiger charge is 2.07. The van der Waals surface area contributed by atoms with E-state index in [2.05, 4.69) is 32.4 Å². The molecular formula is C13H15BrClN3O. The predicted octanol–water partition coefficient (Wildman–Crippen LogP) is 3.02. The summed E-state index contributed by atoms with van der Waals surface area (Å²) in [5, 5.41) is 8.19. The first-order valence-electron chi connectivity index (χ1n) is 5.89. The van der Waals surface area contributed by atoms with Crippen LogP contribution < -0.4 is 5.32 Å². The number of methoxy groups -OCH3 is 1. The second-order valence-corrected chi connectivity index (χ2v) is 5.40. The van der Waals surface area contributed by atoms with E-state index in [-0.39, 0.29) is 0 Å². The maximum Gasteiger partial charge on any atom is 0.0790 e. The first kappa shape index (κ1) is 14.5. The summed E-state index contributed by atoms with van der Waals surface area (Å²) < 4.78 is 7.83. The quantitative estimate of drug-likeness (QED) is 0.819. The van der Waals surface area contributed by atoms with Crippen LogP contribution in [0.15, 0.2) is 35.1 Å². The van der Waals surface area contributed by atoms with Crippen molar-refractivity contribution in [2.45, 2.75) is 6.54 Å². The Morgan fingerprint density at radius 2 is 2.32 bits per heavy atom. The molecule has 102 valence electrons. The molecule has 0 aliphatic rings. The average Bonchev–Trinajstić information content (AvgIpc) is 2.81. The molecule has 0 saturated heterocycles. The third-order valence-electron chi connectivity index (χ3n) is 2.64. The Bertz CT molecular complexity index is 544. The predicted molar refractivity (Wildman–Crippen MR) is 79.9 cm³/mol. The summed E-state index contributed by atoms with van der Waals surface area (Å²) >= 11 is 9.40. The van der Waals surface area contributed by atoms with Crippen LogP contribution in [-0.4, -0.2) is 30.0 Å². The lowest BCUT2D eigenvalue weighted by Gasteiger charge is -2.11. The summed E-state index contributed by atoms with van der Waals surface area (Å²) in [5.74, 6) is 0. The number of aromatic nitrogens is 2. The van der Waals surface area contributed by atoms with Crippen molar-refractivity contribution in [1.29, 1.82) is 0 Å². The Kier molecular flexibility index (Phi) is 5.39. The molecule has 0 spiro atoms. The highest BCUT2D eigenvalue weighted by atomic mass is 79.9. The van der Waals surface area contributed by atoms with Crippen molar-refractivity contribution in [3.05, 3.63) is 45.7 Å². The van der Waals surface area contributed by atoms with Crippen LogP contribution >= 0.6 is 27.5 Å². The fraction of sp³-hybridized carbons (Fsp3) is 0.308. The second kappa shape index (κ2) is 7.05. The fourth-order valence-corrected chi connectivity index (χ4v) is 2.29. The third kappa shape index (κ3) is 4.04. The molecule has 0 unspecified atom stereocenters. The van der Waals surface area contributed by atoms with Gasteiger partial charge in [0.05, 0.1) is 23.5 Å². The van der Waals surface area contributed by atoms with Gasteiger partial charge in [-0.2, -0.15) is 5.10 Å². The molecule has 0 amide bonds. The van der Waals surface area contributed by atoms with E-state index in [9.17, 15) is 0 Å². The van der Waals surface area contributed by atoms with Gasteiger partial charge in [0, 0.05) is 30.9 Å². The van der Waals surface area contributed by atoms with Crippen molar-refractivity contribution in [2.75, 3.05) is 20.3 Å². The van der Waals surface area contributed by atoms with Crippen LogP contribution in [0.3, 0.4) is 0 Å². The number of rotatable bonds is 6. The topological polar surface area (TPSA) is 39.1 Å². The second-order valence-electron chi connectivity index (χ2n) is 4.05. The molecule has 19 heavy (non-hydrogen) atoms. The molecule has 0 aliphatic carbocycles. The van der Waals surface area contributed by atoms with Crippen LogP contribution in [0.25, 0.3) is 5.69 Å². The van der Waals surface area contributed by atoms with Gasteiger partial charge >= 0.3 is 0 Å². The molecule has 0 bridgehead atoms. The van der Waals surface area contributed by atoms with Gasteiger partial charge < -0.3 is 10.1 Å². The van der Waals surface area contributed by atoms with Gasteiger partial charge in [0.2, 0.25) is 0 Å². The molecule has 2 aromatic rings. The summed E-state index contributed by atoms with van der Waals surface area (Å²) in [7, 11) is 1.69. The van der Waals surface area contributed by atoms with Crippen molar-refractivity contribution < 1.29 is 4.74 Å². The summed E-state index contributed by atoms with van der Waals surface area (Å²) in [6, 6.07) is 6.08. The number of nitrogens with zero attached hydrogens (tertiary/aromatic N) is 2. The molecule has 0 atom stereocenters. The van der Waals surface area contributed by atoms with Crippen molar-refractivity contribution in [1.82, 2.24) is 15.1 Å². The Labute approximate surface area is 125 Å². The summed E-state index contributed by atoms with van der Waals surface area (Å²) in [6.07, 6.45) is 3.43. The lowest BCUT2D eigenvalue weighted by Crippen LogP contribution is -2.19. The van der Waals surface area contributed by atoms with Gasteiger partial charge in [-0.05, 0) is 23.8 Å². The number of ether oxygens (including phenoxy) is 1. The zero-order chi connectivity index (χ0) is 13.7. The Morgan fingerprint density at radius 1 is 1.47 bits per heavy atom. The smallest absolute Gasteiger partial charge is 0.0790 e. The van der Waals surface area contributed by atoms with E-state index in [0.717, 1.165) is 28.8 Å². The molecular weight excluding hydrogens is 330 g/mol. The first-order valence-corrected chi connectivity index (χ1v) is 7.06. The van der Waals surface area contributed by atoms with E-state index in [0.29, 0.717) is 11.6 Å². The van der Waals surface area contributed by atoms with Crippen molar-refractivity contribution in [3.8, 4) is 5.69 Å². The summed E-state index contributed by atoms with van der Waals surface area (Å²) in [5.41, 5.74) is 2.16. The van der Waals surface area contributed by atoms with Crippen molar-refractivity contribution >= 4 is 27.5 Å². The molecule has 0 aliphatic heterocycles. The maximum atomic E-state index is 5.91. The standard InChI is InChI=1S/C13H15BrClN3O/c1-19-5-4-16-7-10-6-11(14)2-3-13(10)18-9-12(15)8-17-18/h2-3,6,8-9,16H,4-5,7H2,1H3. The molecule has 0 fully saturated rings. The number of hydrogen-bond donors (Lipinski definition) is 1. The lowest BCUT2D eigenvalue weighted by atomic mass is 10.2. The van der Waals surface area contributed by atoms with Gasteiger partial charge in [-0.15, -0.1) is 0 Å². The third-order valence-corrected chi connectivity index (χ3v) is 3.33. The molecule has 2 rings (SSSR count).